The Morgan fingerprint density at radius 3 is 2.58 bits per heavy atom. The smallest absolute Gasteiger partial charge is 0.416 e. The van der Waals surface area contributed by atoms with Crippen LogP contribution in [0.3, 0.4) is 0 Å². The van der Waals surface area contributed by atoms with E-state index in [0.717, 1.165) is 44.6 Å². The second-order valence-corrected chi connectivity index (χ2v) is 6.96. The number of hydrogen-bond acceptors (Lipinski definition) is 3. The number of rotatable bonds is 3. The lowest BCUT2D eigenvalue weighted by atomic mass is 9.84. The Hall–Kier alpha value is -2.28. The van der Waals surface area contributed by atoms with Gasteiger partial charge < -0.3 is 14.6 Å². The van der Waals surface area contributed by atoms with Gasteiger partial charge in [-0.25, -0.2) is 0 Å². The van der Waals surface area contributed by atoms with Crippen LogP contribution in [0, 0.1) is 5.92 Å². The van der Waals surface area contributed by atoms with Crippen molar-refractivity contribution in [1.82, 2.24) is 10.2 Å². The predicted octanol–water partition coefficient (Wildman–Crippen LogP) is 3.79. The minimum absolute atomic E-state index is 0.104. The number of hydrogen-bond donors (Lipinski definition) is 1. The number of fused-ring (bicyclic) bond motifs is 3. The molecule has 4 heterocycles. The van der Waals surface area contributed by atoms with Gasteiger partial charge in [0.1, 0.15) is 5.76 Å². The van der Waals surface area contributed by atoms with E-state index in [9.17, 15) is 18.0 Å². The van der Waals surface area contributed by atoms with Crippen molar-refractivity contribution in [1.29, 1.82) is 0 Å². The summed E-state index contributed by atoms with van der Waals surface area (Å²) in [6.45, 7) is 3.01. The molecule has 4 nitrogen and oxygen atoms in total. The number of alkyl halides is 3. The largest absolute Gasteiger partial charge is 0.451 e. The molecule has 0 saturated carbocycles. The van der Waals surface area contributed by atoms with Crippen LogP contribution in [-0.4, -0.2) is 36.5 Å². The van der Waals surface area contributed by atoms with Gasteiger partial charge in [0.15, 0.2) is 5.76 Å². The van der Waals surface area contributed by atoms with Gasteiger partial charge in [-0.05, 0) is 56.1 Å². The maximum absolute atomic E-state index is 12.9. The summed E-state index contributed by atoms with van der Waals surface area (Å²) in [6, 6.07) is 8.03. The zero-order chi connectivity index (χ0) is 18.3. The second-order valence-electron chi connectivity index (χ2n) is 6.96. The molecule has 0 radical (unpaired) electrons. The highest BCUT2D eigenvalue weighted by atomic mass is 19.4. The van der Waals surface area contributed by atoms with Crippen LogP contribution in [0.1, 0.15) is 29.0 Å². The summed E-state index contributed by atoms with van der Waals surface area (Å²) in [7, 11) is 0. The summed E-state index contributed by atoms with van der Waals surface area (Å²) in [6.07, 6.45) is -2.25. The molecule has 1 aromatic heterocycles. The fourth-order valence-electron chi connectivity index (χ4n) is 3.83. The highest BCUT2D eigenvalue weighted by Gasteiger charge is 2.35. The Balaban J connectivity index is 1.48. The number of amides is 1. The van der Waals surface area contributed by atoms with Crippen molar-refractivity contribution in [2.75, 3.05) is 19.6 Å². The molecule has 3 saturated heterocycles. The van der Waals surface area contributed by atoms with Crippen LogP contribution in [-0.2, 0) is 6.18 Å². The van der Waals surface area contributed by atoms with Gasteiger partial charge in [-0.15, -0.1) is 0 Å². The van der Waals surface area contributed by atoms with E-state index < -0.39 is 11.7 Å². The molecule has 1 N–H and O–H groups in total. The third-order valence-electron chi connectivity index (χ3n) is 5.28. The minimum atomic E-state index is -4.42. The number of benzene rings is 1. The number of halogens is 3. The van der Waals surface area contributed by atoms with Crippen molar-refractivity contribution in [2.24, 2.45) is 5.92 Å². The first kappa shape index (κ1) is 17.1. The topological polar surface area (TPSA) is 45.5 Å². The second kappa shape index (κ2) is 6.46. The fourth-order valence-corrected chi connectivity index (χ4v) is 3.83. The SMILES string of the molecule is O=C(N[C@H]1CN2CCC1CC2)c1ccc(-c2cccc(C(F)(F)F)c2)o1. The molecule has 1 amide bonds. The molecule has 2 bridgehead atoms. The Morgan fingerprint density at radius 1 is 1.15 bits per heavy atom. The van der Waals surface area contributed by atoms with E-state index in [1.165, 1.54) is 24.3 Å². The van der Waals surface area contributed by atoms with E-state index in [0.29, 0.717) is 11.5 Å². The first-order valence-electron chi connectivity index (χ1n) is 8.71. The molecular weight excluding hydrogens is 345 g/mol. The van der Waals surface area contributed by atoms with Gasteiger partial charge in [-0.1, -0.05) is 12.1 Å². The lowest BCUT2D eigenvalue weighted by Gasteiger charge is -2.44. The molecule has 26 heavy (non-hydrogen) atoms. The lowest BCUT2D eigenvalue weighted by Crippen LogP contribution is -2.57. The standard InChI is InChI=1S/C19H19F3N2O2/c20-19(21,22)14-3-1-2-13(10-14)16-4-5-17(26-16)18(25)23-15-11-24-8-6-12(15)7-9-24/h1-5,10,12,15H,6-9,11H2,(H,23,25)/t15-/m0/s1. The summed E-state index contributed by atoms with van der Waals surface area (Å²) in [5.41, 5.74) is -0.452. The molecule has 3 fully saturated rings. The first-order chi connectivity index (χ1) is 12.4. The van der Waals surface area contributed by atoms with Crippen molar-refractivity contribution in [3.05, 3.63) is 47.7 Å². The summed E-state index contributed by atoms with van der Waals surface area (Å²) in [5, 5.41) is 3.01. The van der Waals surface area contributed by atoms with E-state index in [2.05, 4.69) is 10.2 Å². The quantitative estimate of drug-likeness (QED) is 0.901. The van der Waals surface area contributed by atoms with Crippen molar-refractivity contribution >= 4 is 5.91 Å². The highest BCUT2D eigenvalue weighted by molar-refractivity contribution is 5.92. The van der Waals surface area contributed by atoms with E-state index >= 15 is 0 Å². The van der Waals surface area contributed by atoms with E-state index in [1.807, 2.05) is 0 Å². The Morgan fingerprint density at radius 2 is 1.92 bits per heavy atom. The predicted molar refractivity (Wildman–Crippen MR) is 89.6 cm³/mol. The zero-order valence-corrected chi connectivity index (χ0v) is 14.1. The highest BCUT2D eigenvalue weighted by Crippen LogP contribution is 2.33. The number of furan rings is 1. The molecule has 5 rings (SSSR count). The minimum Gasteiger partial charge on any atom is -0.451 e. The third kappa shape index (κ3) is 3.35. The third-order valence-corrected chi connectivity index (χ3v) is 5.28. The van der Waals surface area contributed by atoms with Crippen molar-refractivity contribution in [3.8, 4) is 11.3 Å². The van der Waals surface area contributed by atoms with E-state index in [-0.39, 0.29) is 23.5 Å². The molecule has 0 spiro atoms. The number of carbonyl (C=O) groups excluding carboxylic acids is 1. The maximum atomic E-state index is 12.9. The van der Waals surface area contributed by atoms with Crippen molar-refractivity contribution in [2.45, 2.75) is 25.1 Å². The summed E-state index contributed by atoms with van der Waals surface area (Å²) >= 11 is 0. The Labute approximate surface area is 149 Å². The van der Waals surface area contributed by atoms with Gasteiger partial charge in [-0.2, -0.15) is 13.2 Å². The number of nitrogens with zero attached hydrogens (tertiary/aromatic N) is 1. The molecular formula is C19H19F3N2O2. The molecule has 0 aliphatic carbocycles. The van der Waals surface area contributed by atoms with Crippen LogP contribution in [0.15, 0.2) is 40.8 Å². The number of carbonyl (C=O) groups is 1. The van der Waals surface area contributed by atoms with Crippen LogP contribution < -0.4 is 5.32 Å². The summed E-state index contributed by atoms with van der Waals surface area (Å²) in [5.74, 6) is 0.535. The van der Waals surface area contributed by atoms with Gasteiger partial charge >= 0.3 is 6.18 Å². The molecule has 3 aliphatic heterocycles. The normalized spacial score (nSPS) is 25.3. The molecule has 0 unspecified atom stereocenters. The summed E-state index contributed by atoms with van der Waals surface area (Å²) < 4.78 is 44.1. The molecule has 1 aromatic carbocycles. The van der Waals surface area contributed by atoms with Crippen molar-refractivity contribution in [3.63, 3.8) is 0 Å². The molecule has 3 aliphatic rings. The Kier molecular flexibility index (Phi) is 4.26. The van der Waals surface area contributed by atoms with Crippen LogP contribution in [0.5, 0.6) is 0 Å². The monoisotopic (exact) mass is 364 g/mol. The van der Waals surface area contributed by atoms with Crippen LogP contribution >= 0.6 is 0 Å². The Bertz CT molecular complexity index is 807. The first-order valence-corrected chi connectivity index (χ1v) is 8.71. The average Bonchev–Trinajstić information content (AvgIpc) is 3.12. The van der Waals surface area contributed by atoms with Crippen molar-refractivity contribution < 1.29 is 22.4 Å². The molecule has 1 atom stereocenters. The average molecular weight is 364 g/mol. The molecule has 2 aromatic rings. The van der Waals surface area contributed by atoms with Crippen LogP contribution in [0.4, 0.5) is 13.2 Å². The molecule has 7 heteroatoms. The van der Waals surface area contributed by atoms with E-state index in [1.54, 1.807) is 0 Å². The maximum Gasteiger partial charge on any atom is 0.416 e. The van der Waals surface area contributed by atoms with Crippen LogP contribution in [0.25, 0.3) is 11.3 Å². The van der Waals surface area contributed by atoms with Gasteiger partial charge in [0, 0.05) is 18.2 Å². The number of piperidine rings is 3. The lowest BCUT2D eigenvalue weighted by molar-refractivity contribution is -0.137. The fraction of sp³-hybridized carbons (Fsp3) is 0.421. The van der Waals surface area contributed by atoms with Crippen LogP contribution in [0.2, 0.25) is 0 Å². The van der Waals surface area contributed by atoms with Gasteiger partial charge in [-0.3, -0.25) is 4.79 Å². The van der Waals surface area contributed by atoms with Gasteiger partial charge in [0.25, 0.3) is 5.91 Å². The van der Waals surface area contributed by atoms with Gasteiger partial charge in [0.2, 0.25) is 0 Å². The zero-order valence-electron chi connectivity index (χ0n) is 14.1. The number of nitrogens with one attached hydrogen (secondary N) is 1. The van der Waals surface area contributed by atoms with Gasteiger partial charge in [0.05, 0.1) is 5.56 Å². The molecule has 138 valence electrons. The van der Waals surface area contributed by atoms with E-state index in [4.69, 9.17) is 4.42 Å². The summed E-state index contributed by atoms with van der Waals surface area (Å²) in [4.78, 5) is 14.8.